The first-order valence-corrected chi connectivity index (χ1v) is 10.2. The second-order valence-corrected chi connectivity index (χ2v) is 8.86. The van der Waals surface area contributed by atoms with E-state index in [2.05, 4.69) is 24.4 Å². The summed E-state index contributed by atoms with van der Waals surface area (Å²) in [6, 6.07) is 15.9. The van der Waals surface area contributed by atoms with Gasteiger partial charge in [-0.05, 0) is 55.1 Å². The van der Waals surface area contributed by atoms with Crippen LogP contribution in [0.15, 0.2) is 53.9 Å². The maximum Gasteiger partial charge on any atom is 0.264 e. The van der Waals surface area contributed by atoms with Crippen molar-refractivity contribution in [2.24, 2.45) is 0 Å². The van der Waals surface area contributed by atoms with E-state index in [4.69, 9.17) is 11.6 Å². The van der Waals surface area contributed by atoms with Gasteiger partial charge >= 0.3 is 0 Å². The molecule has 25 heavy (non-hydrogen) atoms. The topological polar surface area (TPSA) is 20.3 Å². The molecule has 0 aliphatic heterocycles. The van der Waals surface area contributed by atoms with Gasteiger partial charge in [0.05, 0.1) is 4.88 Å². The molecule has 5 heteroatoms. The Hall–Kier alpha value is -1.62. The molecule has 2 heterocycles. The van der Waals surface area contributed by atoms with Gasteiger partial charge in [-0.25, -0.2) is 0 Å². The Kier molecular flexibility index (Phi) is 5.94. The van der Waals surface area contributed by atoms with E-state index < -0.39 is 0 Å². The smallest absolute Gasteiger partial charge is 0.264 e. The van der Waals surface area contributed by atoms with Crippen molar-refractivity contribution in [2.75, 3.05) is 0 Å². The number of hydrogen-bond acceptors (Lipinski definition) is 3. The number of amides is 1. The summed E-state index contributed by atoms with van der Waals surface area (Å²) in [4.78, 5) is 18.3. The van der Waals surface area contributed by atoms with Crippen LogP contribution in [0.1, 0.15) is 31.9 Å². The molecule has 0 aliphatic rings. The monoisotopic (exact) mass is 389 g/mol. The van der Waals surface area contributed by atoms with Crippen molar-refractivity contribution >= 4 is 40.2 Å². The molecule has 1 unspecified atom stereocenters. The van der Waals surface area contributed by atoms with Crippen LogP contribution in [-0.4, -0.2) is 16.8 Å². The number of carbonyl (C=O) groups is 1. The number of thiophene rings is 2. The Morgan fingerprint density at radius 2 is 1.92 bits per heavy atom. The zero-order chi connectivity index (χ0) is 17.8. The van der Waals surface area contributed by atoms with E-state index in [0.29, 0.717) is 11.6 Å². The third kappa shape index (κ3) is 4.72. The molecule has 0 aliphatic carbocycles. The Morgan fingerprint density at radius 1 is 1.16 bits per heavy atom. The predicted molar refractivity (Wildman–Crippen MR) is 108 cm³/mol. The second-order valence-electron chi connectivity index (χ2n) is 6.10. The third-order valence-electron chi connectivity index (χ3n) is 4.09. The Balaban J connectivity index is 1.84. The molecule has 1 aromatic carbocycles. The first-order chi connectivity index (χ1) is 12.0. The van der Waals surface area contributed by atoms with Crippen molar-refractivity contribution in [1.29, 1.82) is 0 Å². The van der Waals surface area contributed by atoms with Gasteiger partial charge in [-0.15, -0.1) is 22.7 Å². The molecular weight excluding hydrogens is 370 g/mol. The average Bonchev–Trinajstić information content (AvgIpc) is 3.25. The first-order valence-electron chi connectivity index (χ1n) is 8.17. The maximum atomic E-state index is 13.1. The van der Waals surface area contributed by atoms with Gasteiger partial charge in [0.25, 0.3) is 5.91 Å². The largest absolute Gasteiger partial charge is 0.331 e. The molecular formula is C20H20ClNOS2. The number of benzene rings is 1. The van der Waals surface area contributed by atoms with Crippen molar-refractivity contribution in [3.05, 3.63) is 79.1 Å². The van der Waals surface area contributed by atoms with Crippen LogP contribution < -0.4 is 0 Å². The lowest BCUT2D eigenvalue weighted by Gasteiger charge is -2.29. The molecule has 0 radical (unpaired) electrons. The highest BCUT2D eigenvalue weighted by molar-refractivity contribution is 7.13. The predicted octanol–water partition coefficient (Wildman–Crippen LogP) is 6.05. The highest BCUT2D eigenvalue weighted by Gasteiger charge is 2.23. The van der Waals surface area contributed by atoms with Crippen LogP contribution in [0.25, 0.3) is 0 Å². The van der Waals surface area contributed by atoms with Gasteiger partial charge in [0.15, 0.2) is 0 Å². The van der Waals surface area contributed by atoms with Crippen LogP contribution in [-0.2, 0) is 13.0 Å². The summed E-state index contributed by atoms with van der Waals surface area (Å²) in [5, 5.41) is 2.79. The van der Waals surface area contributed by atoms with Gasteiger partial charge in [-0.3, -0.25) is 4.79 Å². The normalized spacial score (nSPS) is 12.1. The maximum absolute atomic E-state index is 13.1. The zero-order valence-corrected chi connectivity index (χ0v) is 16.6. The number of carbonyl (C=O) groups excluding carboxylic acids is 1. The number of aryl methyl sites for hydroxylation is 1. The highest BCUT2D eigenvalue weighted by Crippen LogP contribution is 2.23. The van der Waals surface area contributed by atoms with Crippen LogP contribution in [0.2, 0.25) is 5.02 Å². The lowest BCUT2D eigenvalue weighted by molar-refractivity contribution is 0.0681. The average molecular weight is 390 g/mol. The van der Waals surface area contributed by atoms with E-state index in [1.54, 1.807) is 22.7 Å². The molecule has 0 fully saturated rings. The zero-order valence-electron chi connectivity index (χ0n) is 14.2. The fourth-order valence-corrected chi connectivity index (χ4v) is 4.51. The molecule has 2 aromatic heterocycles. The van der Waals surface area contributed by atoms with E-state index >= 15 is 0 Å². The SMILES string of the molecule is Cc1ccc(C(=O)N(Cc2ccc(Cl)cc2)C(C)Cc2cccs2)s1. The molecule has 0 N–H and O–H groups in total. The molecule has 1 atom stereocenters. The Morgan fingerprint density at radius 3 is 2.52 bits per heavy atom. The van der Waals surface area contributed by atoms with E-state index in [9.17, 15) is 4.79 Å². The van der Waals surface area contributed by atoms with E-state index in [1.165, 1.54) is 4.88 Å². The van der Waals surface area contributed by atoms with Crippen LogP contribution in [0.3, 0.4) is 0 Å². The quantitative estimate of drug-likeness (QED) is 0.502. The van der Waals surface area contributed by atoms with Gasteiger partial charge in [0, 0.05) is 33.8 Å². The van der Waals surface area contributed by atoms with Gasteiger partial charge in [0.1, 0.15) is 0 Å². The summed E-state index contributed by atoms with van der Waals surface area (Å²) in [5.41, 5.74) is 1.09. The molecule has 3 rings (SSSR count). The van der Waals surface area contributed by atoms with Gasteiger partial charge in [-0.2, -0.15) is 0 Å². The Labute approximate surface area is 161 Å². The van der Waals surface area contributed by atoms with Crippen LogP contribution in [0.4, 0.5) is 0 Å². The lowest BCUT2D eigenvalue weighted by atomic mass is 10.1. The van der Waals surface area contributed by atoms with E-state index in [0.717, 1.165) is 21.7 Å². The fourth-order valence-electron chi connectivity index (χ4n) is 2.74. The van der Waals surface area contributed by atoms with Crippen molar-refractivity contribution in [2.45, 2.75) is 32.9 Å². The van der Waals surface area contributed by atoms with Crippen molar-refractivity contribution in [1.82, 2.24) is 4.90 Å². The standard InChI is InChI=1S/C20H20ClNOS2/c1-14(12-18-4-3-11-24-18)22(13-16-6-8-17(21)9-7-16)20(23)19-10-5-15(2)25-19/h3-11,14H,12-13H2,1-2H3. The number of halogens is 1. The van der Waals surface area contributed by atoms with Crippen LogP contribution in [0, 0.1) is 6.92 Å². The molecule has 0 bridgehead atoms. The minimum atomic E-state index is 0.0945. The second kappa shape index (κ2) is 8.17. The lowest BCUT2D eigenvalue weighted by Crippen LogP contribution is -2.39. The summed E-state index contributed by atoms with van der Waals surface area (Å²) < 4.78 is 0. The summed E-state index contributed by atoms with van der Waals surface area (Å²) in [6.07, 6.45) is 0.862. The number of nitrogens with zero attached hydrogens (tertiary/aromatic N) is 1. The summed E-state index contributed by atoms with van der Waals surface area (Å²) in [5.74, 6) is 0.0945. The molecule has 0 spiro atoms. The summed E-state index contributed by atoms with van der Waals surface area (Å²) in [7, 11) is 0. The van der Waals surface area contributed by atoms with Crippen molar-refractivity contribution in [3.63, 3.8) is 0 Å². The van der Waals surface area contributed by atoms with Crippen LogP contribution in [0.5, 0.6) is 0 Å². The molecule has 130 valence electrons. The first kappa shape index (κ1) is 18.2. The minimum absolute atomic E-state index is 0.0945. The highest BCUT2D eigenvalue weighted by atomic mass is 35.5. The van der Waals surface area contributed by atoms with Gasteiger partial charge in [-0.1, -0.05) is 29.8 Å². The van der Waals surface area contributed by atoms with Gasteiger partial charge < -0.3 is 4.90 Å². The molecule has 0 saturated heterocycles. The molecule has 2 nitrogen and oxygen atoms in total. The fraction of sp³-hybridized carbons (Fsp3) is 0.250. The number of hydrogen-bond donors (Lipinski definition) is 0. The minimum Gasteiger partial charge on any atom is -0.331 e. The summed E-state index contributed by atoms with van der Waals surface area (Å²) in [6.45, 7) is 4.73. The molecule has 1 amide bonds. The van der Waals surface area contributed by atoms with E-state index in [1.807, 2.05) is 48.2 Å². The molecule has 3 aromatic rings. The van der Waals surface area contributed by atoms with Crippen LogP contribution >= 0.6 is 34.3 Å². The molecule has 0 saturated carbocycles. The van der Waals surface area contributed by atoms with E-state index in [-0.39, 0.29) is 11.9 Å². The number of rotatable bonds is 6. The third-order valence-corrected chi connectivity index (χ3v) is 6.23. The Bertz CT molecular complexity index is 824. The van der Waals surface area contributed by atoms with Crippen molar-refractivity contribution in [3.8, 4) is 0 Å². The van der Waals surface area contributed by atoms with Crippen molar-refractivity contribution < 1.29 is 4.79 Å². The van der Waals surface area contributed by atoms with Gasteiger partial charge in [0.2, 0.25) is 0 Å². The summed E-state index contributed by atoms with van der Waals surface area (Å²) >= 11 is 9.28.